The van der Waals surface area contributed by atoms with Crippen molar-refractivity contribution < 1.29 is 24.3 Å². The molecule has 4 atom stereocenters. The summed E-state index contributed by atoms with van der Waals surface area (Å²) in [6, 6.07) is -3.29. The molecule has 0 spiro atoms. The normalized spacial score (nSPS) is 19.8. The predicted molar refractivity (Wildman–Crippen MR) is 108 cm³/mol. The maximum Gasteiger partial charge on any atom is 0.326 e. The van der Waals surface area contributed by atoms with Gasteiger partial charge < -0.3 is 26.4 Å². The summed E-state index contributed by atoms with van der Waals surface area (Å²) in [7, 11) is 0. The number of carboxylic acids is 1. The Morgan fingerprint density at radius 3 is 2.36 bits per heavy atom. The second kappa shape index (κ2) is 11.3. The van der Waals surface area contributed by atoms with Crippen LogP contribution < -0.4 is 16.4 Å². The van der Waals surface area contributed by atoms with Crippen LogP contribution in [0.2, 0.25) is 0 Å². The van der Waals surface area contributed by atoms with Crippen LogP contribution in [-0.4, -0.2) is 76.4 Å². The molecular weight excluding hydrogens is 384 g/mol. The molecule has 0 radical (unpaired) electrons. The van der Waals surface area contributed by atoms with Crippen molar-refractivity contribution in [3.05, 3.63) is 0 Å². The van der Waals surface area contributed by atoms with Crippen LogP contribution >= 0.6 is 11.8 Å². The highest BCUT2D eigenvalue weighted by atomic mass is 32.2. The Morgan fingerprint density at radius 2 is 1.82 bits per heavy atom. The fourth-order valence-electron chi connectivity index (χ4n) is 2.96. The molecule has 5 N–H and O–H groups in total. The number of hydrogen-bond acceptors (Lipinski definition) is 6. The molecule has 28 heavy (non-hydrogen) atoms. The van der Waals surface area contributed by atoms with Crippen LogP contribution in [0.3, 0.4) is 0 Å². The molecule has 0 aromatic heterocycles. The number of carbonyl (C=O) groups excluding carboxylic acids is 3. The third kappa shape index (κ3) is 6.66. The molecule has 3 amide bonds. The molecule has 4 unspecified atom stereocenters. The number of aliphatic carboxylic acids is 1. The number of nitrogens with one attached hydrogen (secondary N) is 2. The Balaban J connectivity index is 2.79. The number of thioether (sulfide) groups is 1. The molecule has 10 heteroatoms. The molecule has 1 saturated heterocycles. The van der Waals surface area contributed by atoms with Gasteiger partial charge in [-0.2, -0.15) is 11.8 Å². The summed E-state index contributed by atoms with van der Waals surface area (Å²) >= 11 is 1.53. The fraction of sp³-hybridized carbons (Fsp3) is 0.778. The van der Waals surface area contributed by atoms with Crippen molar-refractivity contribution in [2.45, 2.75) is 64.2 Å². The first kappa shape index (κ1) is 24.2. The fourth-order valence-corrected chi connectivity index (χ4v) is 3.43. The second-order valence-electron chi connectivity index (χ2n) is 7.37. The lowest BCUT2D eigenvalue weighted by Crippen LogP contribution is -2.56. The van der Waals surface area contributed by atoms with E-state index >= 15 is 0 Å². The monoisotopic (exact) mass is 416 g/mol. The second-order valence-corrected chi connectivity index (χ2v) is 8.36. The summed E-state index contributed by atoms with van der Waals surface area (Å²) in [6.45, 7) is 5.49. The zero-order valence-corrected chi connectivity index (χ0v) is 17.8. The van der Waals surface area contributed by atoms with Crippen molar-refractivity contribution in [2.24, 2.45) is 11.7 Å². The number of likely N-dealkylation sites (tertiary alicyclic amines) is 1. The lowest BCUT2D eigenvalue weighted by Gasteiger charge is -2.28. The number of carboxylic acid groups (broad SMARTS) is 1. The van der Waals surface area contributed by atoms with Gasteiger partial charge in [0.15, 0.2) is 0 Å². The molecular formula is C18H32N4O5S. The van der Waals surface area contributed by atoms with E-state index in [2.05, 4.69) is 10.6 Å². The predicted octanol–water partition coefficient (Wildman–Crippen LogP) is -0.212. The van der Waals surface area contributed by atoms with Crippen molar-refractivity contribution in [1.29, 1.82) is 0 Å². The van der Waals surface area contributed by atoms with E-state index in [1.165, 1.54) is 23.6 Å². The summed E-state index contributed by atoms with van der Waals surface area (Å²) in [6.07, 6.45) is 3.28. The molecule has 0 aromatic carbocycles. The number of nitrogens with zero attached hydrogens (tertiary/aromatic N) is 1. The molecule has 1 heterocycles. The highest BCUT2D eigenvalue weighted by Crippen LogP contribution is 2.19. The van der Waals surface area contributed by atoms with Gasteiger partial charge in [-0.15, -0.1) is 0 Å². The van der Waals surface area contributed by atoms with Gasteiger partial charge in [-0.1, -0.05) is 13.8 Å². The SMILES string of the molecule is CSCCC(NC(=O)C(C)NC(=O)C(N)C(C)C)C(=O)N1CCCC1C(=O)O. The van der Waals surface area contributed by atoms with Crippen molar-refractivity contribution >= 4 is 35.5 Å². The van der Waals surface area contributed by atoms with Gasteiger partial charge in [-0.25, -0.2) is 4.79 Å². The lowest BCUT2D eigenvalue weighted by molar-refractivity contribution is -0.149. The van der Waals surface area contributed by atoms with Gasteiger partial charge in [0.05, 0.1) is 6.04 Å². The highest BCUT2D eigenvalue weighted by Gasteiger charge is 2.37. The van der Waals surface area contributed by atoms with E-state index < -0.39 is 47.9 Å². The van der Waals surface area contributed by atoms with Crippen LogP contribution in [0.25, 0.3) is 0 Å². The number of nitrogens with two attached hydrogens (primary N) is 1. The van der Waals surface area contributed by atoms with Gasteiger partial charge in [-0.05, 0) is 44.1 Å². The first-order valence-corrected chi connectivity index (χ1v) is 10.9. The van der Waals surface area contributed by atoms with Crippen LogP contribution in [0.1, 0.15) is 40.0 Å². The molecule has 0 aromatic rings. The van der Waals surface area contributed by atoms with Gasteiger partial charge in [0.1, 0.15) is 18.1 Å². The molecule has 1 aliphatic heterocycles. The zero-order valence-electron chi connectivity index (χ0n) is 16.9. The van der Waals surface area contributed by atoms with E-state index in [1.807, 2.05) is 6.26 Å². The van der Waals surface area contributed by atoms with E-state index in [0.717, 1.165) is 0 Å². The Hall–Kier alpha value is -1.81. The molecule has 0 bridgehead atoms. The molecule has 9 nitrogen and oxygen atoms in total. The molecule has 1 fully saturated rings. The number of hydrogen-bond donors (Lipinski definition) is 4. The number of amides is 3. The van der Waals surface area contributed by atoms with Crippen molar-refractivity contribution in [3.8, 4) is 0 Å². The van der Waals surface area contributed by atoms with Crippen molar-refractivity contribution in [3.63, 3.8) is 0 Å². The molecule has 160 valence electrons. The van der Waals surface area contributed by atoms with E-state index in [0.29, 0.717) is 31.6 Å². The van der Waals surface area contributed by atoms with Gasteiger partial charge in [-0.3, -0.25) is 14.4 Å². The van der Waals surface area contributed by atoms with Gasteiger partial charge in [0.2, 0.25) is 17.7 Å². The minimum atomic E-state index is -1.04. The number of carbonyl (C=O) groups is 4. The van der Waals surface area contributed by atoms with Gasteiger partial charge in [0, 0.05) is 6.54 Å². The highest BCUT2D eigenvalue weighted by molar-refractivity contribution is 7.98. The van der Waals surface area contributed by atoms with Gasteiger partial charge in [0.25, 0.3) is 0 Å². The molecule has 0 saturated carbocycles. The van der Waals surface area contributed by atoms with Crippen LogP contribution in [0.15, 0.2) is 0 Å². The largest absolute Gasteiger partial charge is 0.480 e. The minimum Gasteiger partial charge on any atom is -0.480 e. The smallest absolute Gasteiger partial charge is 0.326 e. The van der Waals surface area contributed by atoms with E-state index in [-0.39, 0.29) is 5.92 Å². The average Bonchev–Trinajstić information content (AvgIpc) is 3.13. The average molecular weight is 417 g/mol. The third-order valence-corrected chi connectivity index (χ3v) is 5.46. The van der Waals surface area contributed by atoms with Crippen LogP contribution in [0.4, 0.5) is 0 Å². The molecule has 1 rings (SSSR count). The Bertz CT molecular complexity index is 586. The first-order valence-electron chi connectivity index (χ1n) is 9.48. The zero-order chi connectivity index (χ0) is 21.4. The number of rotatable bonds is 10. The topological polar surface area (TPSA) is 142 Å². The Labute approximate surface area is 170 Å². The molecule has 1 aliphatic rings. The van der Waals surface area contributed by atoms with E-state index in [9.17, 15) is 24.3 Å². The summed E-state index contributed by atoms with van der Waals surface area (Å²) < 4.78 is 0. The standard InChI is InChI=1S/C18H32N4O5S/c1-10(2)14(19)16(24)20-11(3)15(23)21-12(7-9-28-4)17(25)22-8-5-6-13(22)18(26)27/h10-14H,5-9,19H2,1-4H3,(H,20,24)(H,21,23)(H,26,27). The first-order chi connectivity index (χ1) is 13.1. The third-order valence-electron chi connectivity index (χ3n) is 4.82. The summed E-state index contributed by atoms with van der Waals surface area (Å²) in [5.41, 5.74) is 5.79. The maximum absolute atomic E-state index is 12.9. The van der Waals surface area contributed by atoms with Crippen LogP contribution in [0.5, 0.6) is 0 Å². The summed E-state index contributed by atoms with van der Waals surface area (Å²) in [5, 5.41) is 14.5. The summed E-state index contributed by atoms with van der Waals surface area (Å²) in [5.74, 6) is -1.82. The molecule has 0 aliphatic carbocycles. The Morgan fingerprint density at radius 1 is 1.18 bits per heavy atom. The van der Waals surface area contributed by atoms with Crippen LogP contribution in [0, 0.1) is 5.92 Å². The summed E-state index contributed by atoms with van der Waals surface area (Å²) in [4.78, 5) is 50.2. The van der Waals surface area contributed by atoms with Crippen molar-refractivity contribution in [1.82, 2.24) is 15.5 Å². The quantitative estimate of drug-likeness (QED) is 0.386. The maximum atomic E-state index is 12.9. The van der Waals surface area contributed by atoms with Gasteiger partial charge >= 0.3 is 5.97 Å². The van der Waals surface area contributed by atoms with Crippen molar-refractivity contribution in [2.75, 3.05) is 18.6 Å². The van der Waals surface area contributed by atoms with E-state index in [4.69, 9.17) is 5.73 Å². The lowest BCUT2D eigenvalue weighted by atomic mass is 10.0. The van der Waals surface area contributed by atoms with Crippen LogP contribution in [-0.2, 0) is 19.2 Å². The minimum absolute atomic E-state index is 0.0747. The Kier molecular flexibility index (Phi) is 9.74. The van der Waals surface area contributed by atoms with E-state index in [1.54, 1.807) is 13.8 Å².